The van der Waals surface area contributed by atoms with Crippen molar-refractivity contribution < 1.29 is 4.92 Å². The number of piperazine rings is 1. The van der Waals surface area contributed by atoms with E-state index >= 15 is 0 Å². The summed E-state index contributed by atoms with van der Waals surface area (Å²) in [6.07, 6.45) is 5.20. The number of hydrogen-bond donors (Lipinski definition) is 0. The Morgan fingerprint density at radius 2 is 1.44 bits per heavy atom. The Morgan fingerprint density at radius 1 is 0.844 bits per heavy atom. The predicted molar refractivity (Wildman–Crippen MR) is 127 cm³/mol. The largest absolute Gasteiger partial charge is 0.294 e. The Bertz CT molecular complexity index is 1150. The van der Waals surface area contributed by atoms with Crippen LogP contribution in [0.3, 0.4) is 0 Å². The molecule has 32 heavy (non-hydrogen) atoms. The van der Waals surface area contributed by atoms with Gasteiger partial charge < -0.3 is 0 Å². The van der Waals surface area contributed by atoms with Crippen molar-refractivity contribution >= 4 is 18.0 Å². The molecule has 0 radical (unpaired) electrons. The fourth-order valence-electron chi connectivity index (χ4n) is 4.68. The summed E-state index contributed by atoms with van der Waals surface area (Å²) in [5.74, 6) is 0. The van der Waals surface area contributed by atoms with Crippen LogP contribution in [-0.2, 0) is 0 Å². The van der Waals surface area contributed by atoms with Crippen LogP contribution in [0.2, 0.25) is 0 Å². The summed E-state index contributed by atoms with van der Waals surface area (Å²) in [7, 11) is 0. The molecule has 0 atom stereocenters. The van der Waals surface area contributed by atoms with Crippen LogP contribution in [-0.4, -0.2) is 47.2 Å². The molecule has 0 spiro atoms. The van der Waals surface area contributed by atoms with Gasteiger partial charge in [-0.15, -0.1) is 0 Å². The van der Waals surface area contributed by atoms with Gasteiger partial charge in [-0.25, -0.2) is 0 Å². The molecule has 0 unspecified atom stereocenters. The Hall–Kier alpha value is -3.77. The standard InChI is InChI=1S/C26H24N4O2/c31-30(32)25-14-6-1-8-20(25)9-7-15-27-29-18-16-28(17-19-29)26-23-12-4-2-10-21(23)22-11-3-5-13-24(22)26/h1-15,26H,16-19H2/b9-7-,27-15+. The van der Waals surface area contributed by atoms with Gasteiger partial charge in [0.05, 0.1) is 16.5 Å². The molecule has 6 heteroatoms. The van der Waals surface area contributed by atoms with Gasteiger partial charge in [-0.05, 0) is 40.5 Å². The molecular formula is C26H24N4O2. The van der Waals surface area contributed by atoms with Gasteiger partial charge >= 0.3 is 0 Å². The smallest absolute Gasteiger partial charge is 0.276 e. The van der Waals surface area contributed by atoms with Gasteiger partial charge in [0.15, 0.2) is 0 Å². The quantitative estimate of drug-likeness (QED) is 0.329. The number of nitro benzene ring substituents is 1. The third kappa shape index (κ3) is 3.81. The van der Waals surface area contributed by atoms with Crippen LogP contribution in [0, 0.1) is 10.1 Å². The lowest BCUT2D eigenvalue weighted by atomic mass is 10.0. The van der Waals surface area contributed by atoms with Crippen LogP contribution >= 0.6 is 0 Å². The van der Waals surface area contributed by atoms with E-state index < -0.39 is 0 Å². The summed E-state index contributed by atoms with van der Waals surface area (Å²) in [5.41, 5.74) is 6.13. The van der Waals surface area contributed by atoms with Gasteiger partial charge in [0.25, 0.3) is 5.69 Å². The Balaban J connectivity index is 1.24. The molecule has 3 aromatic carbocycles. The van der Waals surface area contributed by atoms with E-state index in [-0.39, 0.29) is 10.6 Å². The summed E-state index contributed by atoms with van der Waals surface area (Å²) >= 11 is 0. The first kappa shape index (κ1) is 20.2. The van der Waals surface area contributed by atoms with Crippen LogP contribution in [0.1, 0.15) is 22.7 Å². The first-order valence-corrected chi connectivity index (χ1v) is 10.8. The molecule has 1 aliphatic heterocycles. The van der Waals surface area contributed by atoms with Crippen LogP contribution in [0.25, 0.3) is 17.2 Å². The first-order valence-electron chi connectivity index (χ1n) is 10.8. The van der Waals surface area contributed by atoms with Crippen molar-refractivity contribution in [3.63, 3.8) is 0 Å². The molecule has 5 rings (SSSR count). The molecule has 160 valence electrons. The lowest BCUT2D eigenvalue weighted by Crippen LogP contribution is -2.45. The molecule has 2 aliphatic rings. The Morgan fingerprint density at radius 3 is 2.09 bits per heavy atom. The second kappa shape index (κ2) is 8.77. The van der Waals surface area contributed by atoms with Gasteiger partial charge in [-0.2, -0.15) is 5.10 Å². The summed E-state index contributed by atoms with van der Waals surface area (Å²) in [6.45, 7) is 3.55. The molecule has 0 bridgehead atoms. The highest BCUT2D eigenvalue weighted by Crippen LogP contribution is 2.46. The number of hydrazone groups is 1. The third-order valence-corrected chi connectivity index (χ3v) is 6.18. The molecule has 0 saturated carbocycles. The topological polar surface area (TPSA) is 62.0 Å². The molecule has 0 amide bonds. The maximum atomic E-state index is 11.1. The zero-order chi connectivity index (χ0) is 21.9. The van der Waals surface area contributed by atoms with Crippen molar-refractivity contribution in [2.24, 2.45) is 5.10 Å². The van der Waals surface area contributed by atoms with Gasteiger partial charge in [0.1, 0.15) is 0 Å². The van der Waals surface area contributed by atoms with Crippen LogP contribution < -0.4 is 0 Å². The second-order valence-corrected chi connectivity index (χ2v) is 8.01. The lowest BCUT2D eigenvalue weighted by Gasteiger charge is -2.37. The summed E-state index contributed by atoms with van der Waals surface area (Å²) in [4.78, 5) is 13.3. The van der Waals surface area contributed by atoms with Crippen molar-refractivity contribution in [3.8, 4) is 11.1 Å². The fourth-order valence-corrected chi connectivity index (χ4v) is 4.68. The highest BCUT2D eigenvalue weighted by Gasteiger charge is 2.33. The van der Waals surface area contributed by atoms with Gasteiger partial charge in [-0.1, -0.05) is 60.7 Å². The Kier molecular flexibility index (Phi) is 5.52. The molecule has 6 nitrogen and oxygen atoms in total. The van der Waals surface area contributed by atoms with E-state index in [0.29, 0.717) is 11.6 Å². The second-order valence-electron chi connectivity index (χ2n) is 8.01. The predicted octanol–water partition coefficient (Wildman–Crippen LogP) is 4.98. The monoisotopic (exact) mass is 424 g/mol. The van der Waals surface area contributed by atoms with E-state index in [1.807, 2.05) is 0 Å². The van der Waals surface area contributed by atoms with Crippen molar-refractivity contribution in [3.05, 3.63) is 106 Å². The van der Waals surface area contributed by atoms with Gasteiger partial charge in [0.2, 0.25) is 0 Å². The molecule has 1 fully saturated rings. The SMILES string of the molecule is O=[N+]([O-])c1ccccc1/C=C\C=N\N1CCN(C2c3ccccc3-c3ccccc32)CC1. The summed E-state index contributed by atoms with van der Waals surface area (Å²) in [6, 6.07) is 24.4. The number of benzene rings is 3. The number of rotatable bonds is 5. The van der Waals surface area contributed by atoms with Gasteiger partial charge in [-0.3, -0.25) is 20.0 Å². The minimum atomic E-state index is -0.366. The number of nitro groups is 1. The van der Waals surface area contributed by atoms with E-state index in [1.54, 1.807) is 36.6 Å². The maximum Gasteiger partial charge on any atom is 0.276 e. The maximum absolute atomic E-state index is 11.1. The average Bonchev–Trinajstić information content (AvgIpc) is 3.17. The normalized spacial score (nSPS) is 16.6. The lowest BCUT2D eigenvalue weighted by molar-refractivity contribution is -0.385. The molecule has 0 aromatic heterocycles. The van der Waals surface area contributed by atoms with Crippen molar-refractivity contribution in [2.45, 2.75) is 6.04 Å². The highest BCUT2D eigenvalue weighted by atomic mass is 16.6. The highest BCUT2D eigenvalue weighted by molar-refractivity contribution is 5.80. The number of nitrogens with zero attached hydrogens (tertiary/aromatic N) is 4. The van der Waals surface area contributed by atoms with Crippen molar-refractivity contribution in [2.75, 3.05) is 26.2 Å². The van der Waals surface area contributed by atoms with E-state index in [0.717, 1.165) is 26.2 Å². The molecule has 1 saturated heterocycles. The number of allylic oxidation sites excluding steroid dienone is 1. The third-order valence-electron chi connectivity index (χ3n) is 6.18. The minimum absolute atomic E-state index is 0.0999. The van der Waals surface area contributed by atoms with E-state index in [4.69, 9.17) is 0 Å². The number of fused-ring (bicyclic) bond motifs is 3. The molecular weight excluding hydrogens is 400 g/mol. The van der Waals surface area contributed by atoms with Gasteiger partial charge in [0, 0.05) is 38.5 Å². The zero-order valence-electron chi connectivity index (χ0n) is 17.7. The van der Waals surface area contributed by atoms with Crippen molar-refractivity contribution in [1.29, 1.82) is 0 Å². The van der Waals surface area contributed by atoms with Crippen LogP contribution in [0.4, 0.5) is 5.69 Å². The van der Waals surface area contributed by atoms with Crippen molar-refractivity contribution in [1.82, 2.24) is 9.91 Å². The fraction of sp³-hybridized carbons (Fsp3) is 0.192. The molecule has 1 aliphatic carbocycles. The van der Waals surface area contributed by atoms with Crippen LogP contribution in [0.5, 0.6) is 0 Å². The number of hydrogen-bond acceptors (Lipinski definition) is 5. The molecule has 0 N–H and O–H groups in total. The van der Waals surface area contributed by atoms with E-state index in [2.05, 4.69) is 63.5 Å². The Labute approximate surface area is 187 Å². The number of para-hydroxylation sites is 1. The molecule has 1 heterocycles. The average molecular weight is 425 g/mol. The van der Waals surface area contributed by atoms with Crippen LogP contribution in [0.15, 0.2) is 84.0 Å². The molecule has 3 aromatic rings. The zero-order valence-corrected chi connectivity index (χ0v) is 17.7. The van der Waals surface area contributed by atoms with E-state index in [9.17, 15) is 10.1 Å². The van der Waals surface area contributed by atoms with E-state index in [1.165, 1.54) is 28.3 Å². The summed E-state index contributed by atoms with van der Waals surface area (Å²) < 4.78 is 0. The minimum Gasteiger partial charge on any atom is -0.294 e. The first-order chi connectivity index (χ1) is 15.7. The summed E-state index contributed by atoms with van der Waals surface area (Å²) in [5, 5.41) is 17.7.